The lowest BCUT2D eigenvalue weighted by atomic mass is 9.86. The van der Waals surface area contributed by atoms with Crippen molar-refractivity contribution in [1.29, 1.82) is 0 Å². The Bertz CT molecular complexity index is 1680. The number of ether oxygens (including phenoxy) is 3. The van der Waals surface area contributed by atoms with Gasteiger partial charge in [0.2, 0.25) is 11.8 Å². The van der Waals surface area contributed by atoms with Crippen molar-refractivity contribution in [3.05, 3.63) is 71.6 Å². The first-order valence-electron chi connectivity index (χ1n) is 15.3. The van der Waals surface area contributed by atoms with Crippen LogP contribution in [0.25, 0.3) is 11.9 Å². The second kappa shape index (κ2) is 14.5. The number of oxazole rings is 1. The Labute approximate surface area is 282 Å². The highest BCUT2D eigenvalue weighted by Crippen LogP contribution is 2.58. The summed E-state index contributed by atoms with van der Waals surface area (Å²) < 4.78 is 52.4. The highest BCUT2D eigenvalue weighted by Gasteiger charge is 2.57. The Morgan fingerprint density at radius 2 is 1.96 bits per heavy atom. The number of rotatable bonds is 11. The first-order valence-corrected chi connectivity index (χ1v) is 19.9. The van der Waals surface area contributed by atoms with E-state index in [4.69, 9.17) is 23.6 Å². The molecule has 1 aliphatic carbocycles. The van der Waals surface area contributed by atoms with Crippen molar-refractivity contribution in [2.24, 2.45) is 10.9 Å². The van der Waals surface area contributed by atoms with E-state index in [1.807, 2.05) is 0 Å². The molecule has 12 nitrogen and oxygen atoms in total. The molecule has 2 amide bonds. The third-order valence-electron chi connectivity index (χ3n) is 7.78. The minimum absolute atomic E-state index is 0.0336. The lowest BCUT2D eigenvalue weighted by Gasteiger charge is -2.34. The molecule has 0 saturated heterocycles. The van der Waals surface area contributed by atoms with Crippen LogP contribution in [-0.2, 0) is 21.6 Å². The van der Waals surface area contributed by atoms with Crippen LogP contribution in [0.5, 0.6) is 5.88 Å². The van der Waals surface area contributed by atoms with Gasteiger partial charge in [0.15, 0.2) is 17.6 Å². The van der Waals surface area contributed by atoms with Crippen LogP contribution in [0, 0.1) is 11.7 Å². The van der Waals surface area contributed by atoms with E-state index in [-0.39, 0.29) is 46.8 Å². The molecule has 3 atom stereocenters. The number of fused-ring (bicyclic) bond motifs is 1. The van der Waals surface area contributed by atoms with Crippen molar-refractivity contribution < 1.29 is 37.0 Å². The SMILES string of the molecule is CN(C)C(=O)OC(=O)N(COCC[Si](C)(C)C)C1=NC(C)(c2cc(/C=C(\F)c3cnc(OCc4ncco4)cn3)ccc2F)C2CC2S1. The van der Waals surface area contributed by atoms with Crippen molar-refractivity contribution >= 4 is 49.1 Å². The number of halogens is 2. The number of aliphatic imine (C=N–C) groups is 1. The maximum atomic E-state index is 15.6. The Morgan fingerprint density at radius 3 is 2.62 bits per heavy atom. The number of amides is 2. The first kappa shape index (κ1) is 35.2. The summed E-state index contributed by atoms with van der Waals surface area (Å²) in [7, 11) is 1.52. The molecule has 0 N–H and O–H groups in total. The Balaban J connectivity index is 1.38. The van der Waals surface area contributed by atoms with E-state index < -0.39 is 37.4 Å². The monoisotopic (exact) mass is 700 g/mol. The van der Waals surface area contributed by atoms with Gasteiger partial charge in [0.05, 0.1) is 24.1 Å². The molecule has 0 spiro atoms. The maximum absolute atomic E-state index is 15.6. The fourth-order valence-corrected chi connectivity index (χ4v) is 7.13. The summed E-state index contributed by atoms with van der Waals surface area (Å²) in [5, 5.41) is 0.298. The predicted octanol–water partition coefficient (Wildman–Crippen LogP) is 6.79. The third-order valence-corrected chi connectivity index (χ3v) is 10.8. The lowest BCUT2D eigenvalue weighted by Crippen LogP contribution is -2.43. The Kier molecular flexibility index (Phi) is 10.6. The predicted molar refractivity (Wildman–Crippen MR) is 179 cm³/mol. The number of carbonyl (C=O) groups excluding carboxylic acids is 2. The van der Waals surface area contributed by atoms with Crippen LogP contribution < -0.4 is 4.74 Å². The van der Waals surface area contributed by atoms with Gasteiger partial charge in [-0.15, -0.1) is 0 Å². The van der Waals surface area contributed by atoms with Gasteiger partial charge in [0.25, 0.3) is 0 Å². The van der Waals surface area contributed by atoms with Crippen LogP contribution in [0.15, 0.2) is 52.5 Å². The summed E-state index contributed by atoms with van der Waals surface area (Å²) in [5.41, 5.74) is -0.513. The number of aromatic nitrogens is 3. The van der Waals surface area contributed by atoms with Crippen LogP contribution in [0.3, 0.4) is 0 Å². The lowest BCUT2D eigenvalue weighted by molar-refractivity contribution is 0.0605. The van der Waals surface area contributed by atoms with E-state index >= 15 is 8.78 Å². The van der Waals surface area contributed by atoms with Gasteiger partial charge in [-0.25, -0.2) is 38.2 Å². The van der Waals surface area contributed by atoms with Crippen LogP contribution in [0.1, 0.15) is 36.1 Å². The minimum Gasteiger partial charge on any atom is -0.467 e. The van der Waals surface area contributed by atoms with Crippen LogP contribution >= 0.6 is 11.8 Å². The van der Waals surface area contributed by atoms with E-state index in [0.29, 0.717) is 18.1 Å². The molecule has 3 unspecified atom stereocenters. The molecule has 1 fully saturated rings. The second-order valence-electron chi connectivity index (χ2n) is 13.0. The molecule has 2 aliphatic rings. The third kappa shape index (κ3) is 8.65. The zero-order valence-electron chi connectivity index (χ0n) is 27.6. The number of hydrogen-bond acceptors (Lipinski definition) is 11. The molecular formula is C32H38F2N6O6SSi. The molecule has 48 heavy (non-hydrogen) atoms. The number of carbonyl (C=O) groups is 2. The Hall–Kier alpha value is -4.15. The van der Waals surface area contributed by atoms with Crippen LogP contribution in [0.2, 0.25) is 25.7 Å². The van der Waals surface area contributed by atoms with Gasteiger partial charge in [-0.3, -0.25) is 4.99 Å². The smallest absolute Gasteiger partial charge is 0.426 e. The molecule has 0 bridgehead atoms. The summed E-state index contributed by atoms with van der Waals surface area (Å²) >= 11 is 1.36. The molecule has 1 aliphatic heterocycles. The van der Waals surface area contributed by atoms with Crippen molar-refractivity contribution in [1.82, 2.24) is 24.8 Å². The number of nitrogens with zero attached hydrogens (tertiary/aromatic N) is 6. The maximum Gasteiger partial charge on any atom is 0.426 e. The average molecular weight is 701 g/mol. The normalized spacial score (nSPS) is 20.4. The minimum atomic E-state index is -1.42. The quantitative estimate of drug-likeness (QED) is 0.0912. The summed E-state index contributed by atoms with van der Waals surface area (Å²) in [6, 6.07) is 5.13. The van der Waals surface area contributed by atoms with Gasteiger partial charge in [0.1, 0.15) is 24.5 Å². The van der Waals surface area contributed by atoms with Gasteiger partial charge in [0, 0.05) is 45.5 Å². The molecule has 0 radical (unpaired) electrons. The molecule has 3 heterocycles. The van der Waals surface area contributed by atoms with E-state index in [2.05, 4.69) is 34.6 Å². The summed E-state index contributed by atoms with van der Waals surface area (Å²) in [6.07, 6.45) is 5.59. The van der Waals surface area contributed by atoms with Crippen LogP contribution in [0.4, 0.5) is 18.4 Å². The summed E-state index contributed by atoms with van der Waals surface area (Å²) in [6.45, 7) is 8.70. The summed E-state index contributed by atoms with van der Waals surface area (Å²) in [4.78, 5) is 44.9. The molecule has 1 saturated carbocycles. The second-order valence-corrected chi connectivity index (χ2v) is 19.9. The van der Waals surface area contributed by atoms with Gasteiger partial charge in [-0.1, -0.05) is 37.5 Å². The van der Waals surface area contributed by atoms with Crippen molar-refractivity contribution in [2.45, 2.75) is 56.4 Å². The summed E-state index contributed by atoms with van der Waals surface area (Å²) in [5.74, 6) is -0.724. The largest absolute Gasteiger partial charge is 0.467 e. The highest BCUT2D eigenvalue weighted by molar-refractivity contribution is 8.14. The van der Waals surface area contributed by atoms with E-state index in [0.717, 1.165) is 17.4 Å². The average Bonchev–Trinajstić information content (AvgIpc) is 3.64. The molecular weight excluding hydrogens is 663 g/mol. The van der Waals surface area contributed by atoms with Gasteiger partial charge in [-0.2, -0.15) is 0 Å². The van der Waals surface area contributed by atoms with Gasteiger partial charge >= 0.3 is 12.2 Å². The molecule has 1 aromatic carbocycles. The standard InChI is InChI=1S/C32H38F2N6O6SSi/c1-32(22-15-26(22)47-29(38-32)40(19-43-11-12-48(4,5)6)31(42)46-30(41)39(2)3)21-13-20(7-8-23(21)33)14-24(34)25-16-37-27(17-36-25)45-18-28-35-9-10-44-28/h7-10,13-14,16-17,22,26H,11-12,15,18-19H2,1-6H3/b24-14-. The van der Waals surface area contributed by atoms with Gasteiger partial charge < -0.3 is 23.5 Å². The number of benzene rings is 1. The fraction of sp³-hybridized carbons (Fsp3) is 0.438. The van der Waals surface area contributed by atoms with Crippen LogP contribution in [-0.4, -0.2) is 82.9 Å². The zero-order valence-corrected chi connectivity index (χ0v) is 29.4. The molecule has 16 heteroatoms. The molecule has 2 aromatic heterocycles. The number of amidine groups is 1. The zero-order chi connectivity index (χ0) is 34.6. The van der Waals surface area contributed by atoms with Crippen molar-refractivity contribution in [2.75, 3.05) is 27.4 Å². The van der Waals surface area contributed by atoms with E-state index in [1.165, 1.54) is 73.8 Å². The topological polar surface area (TPSA) is 132 Å². The molecule has 5 rings (SSSR count). The number of thioether (sulfide) groups is 1. The highest BCUT2D eigenvalue weighted by atomic mass is 32.2. The van der Waals surface area contributed by atoms with Gasteiger partial charge in [-0.05, 0) is 43.2 Å². The molecule has 3 aromatic rings. The fourth-order valence-electron chi connectivity index (χ4n) is 4.88. The first-order chi connectivity index (χ1) is 22.7. The van der Waals surface area contributed by atoms with E-state index in [9.17, 15) is 9.59 Å². The van der Waals surface area contributed by atoms with Crippen molar-refractivity contribution in [3.8, 4) is 5.88 Å². The van der Waals surface area contributed by atoms with E-state index in [1.54, 1.807) is 13.0 Å². The Morgan fingerprint density at radius 1 is 1.17 bits per heavy atom. The molecule has 256 valence electrons. The van der Waals surface area contributed by atoms with Crippen molar-refractivity contribution in [3.63, 3.8) is 0 Å². The number of hydrogen-bond donors (Lipinski definition) is 0.